The molecule has 0 saturated carbocycles. The Hall–Kier alpha value is 0.250. The van der Waals surface area contributed by atoms with Crippen molar-refractivity contribution < 1.29 is 12.9 Å². The Morgan fingerprint density at radius 2 is 2.07 bits per heavy atom. The first kappa shape index (κ1) is 12.3. The van der Waals surface area contributed by atoms with Crippen molar-refractivity contribution in [3.63, 3.8) is 0 Å². The first-order chi connectivity index (χ1) is 6.61. The molecule has 1 rings (SSSR count). The molecule has 0 bridgehead atoms. The third-order valence-electron chi connectivity index (χ3n) is 1.61. The highest BCUT2D eigenvalue weighted by atomic mass is 79.9. The highest BCUT2D eigenvalue weighted by molar-refractivity contribution is 9.24. The van der Waals surface area contributed by atoms with Gasteiger partial charge in [-0.1, -0.05) is 56.1 Å². The fourth-order valence-corrected chi connectivity index (χ4v) is 2.11. The van der Waals surface area contributed by atoms with Crippen molar-refractivity contribution in [3.05, 3.63) is 35.4 Å². The number of benzene rings is 1. The van der Waals surface area contributed by atoms with Crippen LogP contribution in [-0.4, -0.2) is 8.76 Å². The lowest BCUT2D eigenvalue weighted by molar-refractivity contribution is 0.296. The molecule has 3 nitrogen and oxygen atoms in total. The van der Waals surface area contributed by atoms with Gasteiger partial charge >= 0.3 is 11.4 Å². The van der Waals surface area contributed by atoms with E-state index in [1.54, 1.807) is 0 Å². The van der Waals surface area contributed by atoms with Crippen LogP contribution in [0.5, 0.6) is 0 Å². The number of hydrogen-bond donors (Lipinski definition) is 1. The summed E-state index contributed by atoms with van der Waals surface area (Å²) in [5, 5.41) is 0. The zero-order valence-electron chi connectivity index (χ0n) is 7.02. The maximum Gasteiger partial charge on any atom is 0.302 e. The van der Waals surface area contributed by atoms with Gasteiger partial charge in [0.25, 0.3) is 0 Å². The molecule has 78 valence electrons. The third kappa shape index (κ3) is 3.78. The average Bonchev–Trinajstić information content (AvgIpc) is 2.15. The van der Waals surface area contributed by atoms with Crippen LogP contribution in [0.1, 0.15) is 14.9 Å². The molecule has 6 heteroatoms. The van der Waals surface area contributed by atoms with E-state index in [-0.39, 0.29) is 10.3 Å². The number of rotatable bonds is 4. The van der Waals surface area contributed by atoms with E-state index >= 15 is 0 Å². The van der Waals surface area contributed by atoms with E-state index in [0.29, 0.717) is 0 Å². The monoisotopic (exact) mass is 342 g/mol. The minimum atomic E-state index is -2.22. The van der Waals surface area contributed by atoms with Crippen LogP contribution in [0, 0.1) is 0 Å². The standard InChI is InChI=1S/C8H8Br2O3S/c9-8(10)7-4-2-1-3-6(7)5-13-14(11)12/h1-4,8H,5H2,(H,11,12). The Balaban J connectivity index is 2.79. The van der Waals surface area contributed by atoms with Gasteiger partial charge in [0.15, 0.2) is 0 Å². The van der Waals surface area contributed by atoms with Gasteiger partial charge in [0.05, 0.1) is 10.3 Å². The van der Waals surface area contributed by atoms with Crippen molar-refractivity contribution in [2.45, 2.75) is 10.3 Å². The van der Waals surface area contributed by atoms with Gasteiger partial charge in [0.1, 0.15) is 0 Å². The van der Waals surface area contributed by atoms with Crippen molar-refractivity contribution >= 4 is 43.2 Å². The molecule has 0 fully saturated rings. The Bertz CT molecular complexity index is 330. The molecule has 1 unspecified atom stereocenters. The van der Waals surface area contributed by atoms with Crippen molar-refractivity contribution in [3.8, 4) is 0 Å². The van der Waals surface area contributed by atoms with Crippen LogP contribution in [0.15, 0.2) is 24.3 Å². The molecule has 0 aliphatic carbocycles. The second kappa shape index (κ2) is 5.97. The highest BCUT2D eigenvalue weighted by Gasteiger charge is 2.08. The zero-order valence-corrected chi connectivity index (χ0v) is 11.0. The topological polar surface area (TPSA) is 46.5 Å². The van der Waals surface area contributed by atoms with Gasteiger partial charge in [-0.25, -0.2) is 0 Å². The minimum absolute atomic E-state index is 0.0157. The average molecular weight is 344 g/mol. The van der Waals surface area contributed by atoms with E-state index in [9.17, 15) is 4.21 Å². The van der Waals surface area contributed by atoms with Gasteiger partial charge in [-0.05, 0) is 11.1 Å². The minimum Gasteiger partial charge on any atom is -0.284 e. The maximum absolute atomic E-state index is 10.3. The molecule has 1 N–H and O–H groups in total. The molecule has 0 aliphatic heterocycles. The molecular weight excluding hydrogens is 336 g/mol. The summed E-state index contributed by atoms with van der Waals surface area (Å²) >= 11 is 4.51. The summed E-state index contributed by atoms with van der Waals surface area (Å²) in [7, 11) is 0. The van der Waals surface area contributed by atoms with Crippen LogP contribution >= 0.6 is 31.9 Å². The van der Waals surface area contributed by atoms with Crippen molar-refractivity contribution in [2.75, 3.05) is 0 Å². The summed E-state index contributed by atoms with van der Waals surface area (Å²) in [6.07, 6.45) is 0. The van der Waals surface area contributed by atoms with E-state index in [0.717, 1.165) is 11.1 Å². The molecule has 14 heavy (non-hydrogen) atoms. The van der Waals surface area contributed by atoms with Crippen molar-refractivity contribution in [1.82, 2.24) is 0 Å². The summed E-state index contributed by atoms with van der Waals surface area (Å²) < 4.78 is 23.4. The van der Waals surface area contributed by atoms with Gasteiger partial charge in [-0.15, -0.1) is 0 Å². The normalized spacial score (nSPS) is 13.1. The summed E-state index contributed by atoms with van der Waals surface area (Å²) in [5.74, 6) is 0. The number of hydrogen-bond acceptors (Lipinski definition) is 2. The van der Waals surface area contributed by atoms with Gasteiger partial charge < -0.3 is 0 Å². The molecule has 0 radical (unpaired) electrons. The van der Waals surface area contributed by atoms with Crippen LogP contribution < -0.4 is 0 Å². The third-order valence-corrected chi connectivity index (χ3v) is 2.91. The van der Waals surface area contributed by atoms with Gasteiger partial charge in [-0.3, -0.25) is 8.74 Å². The van der Waals surface area contributed by atoms with Crippen LogP contribution in [0.25, 0.3) is 0 Å². The van der Waals surface area contributed by atoms with E-state index in [1.165, 1.54) is 0 Å². The van der Waals surface area contributed by atoms with Crippen molar-refractivity contribution in [2.24, 2.45) is 0 Å². The predicted octanol–water partition coefficient (Wildman–Crippen LogP) is 3.13. The fraction of sp³-hybridized carbons (Fsp3) is 0.250. The summed E-state index contributed by atoms with van der Waals surface area (Å²) in [4.78, 5) is 0. The van der Waals surface area contributed by atoms with Crippen LogP contribution in [0.3, 0.4) is 0 Å². The molecule has 0 amide bonds. The smallest absolute Gasteiger partial charge is 0.284 e. The van der Waals surface area contributed by atoms with Gasteiger partial charge in [-0.2, -0.15) is 4.21 Å². The van der Waals surface area contributed by atoms with Gasteiger partial charge in [0, 0.05) is 0 Å². The molecule has 0 aromatic heterocycles. The largest absolute Gasteiger partial charge is 0.302 e. The predicted molar refractivity (Wildman–Crippen MR) is 62.6 cm³/mol. The molecule has 0 aliphatic rings. The SMILES string of the molecule is O=S(O)OCc1ccccc1C(Br)Br. The second-order valence-corrected chi connectivity index (χ2v) is 6.21. The van der Waals surface area contributed by atoms with Crippen LogP contribution in [-0.2, 0) is 22.2 Å². The molecule has 1 aromatic carbocycles. The van der Waals surface area contributed by atoms with Crippen LogP contribution in [0.4, 0.5) is 0 Å². The Morgan fingerprint density at radius 1 is 1.43 bits per heavy atom. The Labute approximate surface area is 102 Å². The van der Waals surface area contributed by atoms with E-state index in [4.69, 9.17) is 4.55 Å². The van der Waals surface area contributed by atoms with E-state index < -0.39 is 11.4 Å². The first-order valence-corrected chi connectivity index (χ1v) is 6.57. The summed E-state index contributed by atoms with van der Waals surface area (Å²) in [6, 6.07) is 7.50. The molecule has 1 atom stereocenters. The maximum atomic E-state index is 10.3. The quantitative estimate of drug-likeness (QED) is 0.674. The lowest BCUT2D eigenvalue weighted by Gasteiger charge is -2.08. The number of halogens is 2. The number of alkyl halides is 2. The highest BCUT2D eigenvalue weighted by Crippen LogP contribution is 2.31. The molecule has 0 spiro atoms. The van der Waals surface area contributed by atoms with Crippen molar-refractivity contribution in [1.29, 1.82) is 0 Å². The second-order valence-electron chi connectivity index (χ2n) is 2.48. The zero-order chi connectivity index (χ0) is 10.6. The first-order valence-electron chi connectivity index (χ1n) is 3.71. The molecule has 0 heterocycles. The fourth-order valence-electron chi connectivity index (χ4n) is 0.992. The van der Waals surface area contributed by atoms with Crippen LogP contribution in [0.2, 0.25) is 0 Å². The Morgan fingerprint density at radius 3 is 2.64 bits per heavy atom. The Kier molecular flexibility index (Phi) is 5.25. The van der Waals surface area contributed by atoms with E-state index in [1.807, 2.05) is 24.3 Å². The summed E-state index contributed by atoms with van der Waals surface area (Å²) in [6.45, 7) is 0.118. The summed E-state index contributed by atoms with van der Waals surface area (Å²) in [5.41, 5.74) is 1.85. The van der Waals surface area contributed by atoms with Gasteiger partial charge in [0.2, 0.25) is 0 Å². The van der Waals surface area contributed by atoms with E-state index in [2.05, 4.69) is 36.0 Å². The lowest BCUT2D eigenvalue weighted by Crippen LogP contribution is -1.99. The molecular formula is C8H8Br2O3S. The molecule has 0 saturated heterocycles. The molecule has 1 aromatic rings. The lowest BCUT2D eigenvalue weighted by atomic mass is 10.1.